The Morgan fingerprint density at radius 3 is 2.58 bits per heavy atom. The maximum atomic E-state index is 13.2. The Morgan fingerprint density at radius 2 is 1.79 bits per heavy atom. The highest BCUT2D eigenvalue weighted by Crippen LogP contribution is 2.23. The first-order valence-electron chi connectivity index (χ1n) is 7.34. The summed E-state index contributed by atoms with van der Waals surface area (Å²) >= 11 is 0. The van der Waals surface area contributed by atoms with Gasteiger partial charge in [-0.3, -0.25) is 4.79 Å². The second kappa shape index (κ2) is 6.76. The average molecular weight is 316 g/mol. The predicted molar refractivity (Wildman–Crippen MR) is 92.6 cm³/mol. The third kappa shape index (κ3) is 3.31. The van der Waals surface area contributed by atoms with Gasteiger partial charge in [0.15, 0.2) is 0 Å². The Hall–Kier alpha value is -3.45. The number of carbonyl (C=O) groups excluding carboxylic acids is 1. The molecule has 0 saturated heterocycles. The van der Waals surface area contributed by atoms with E-state index in [1.54, 1.807) is 12.1 Å². The van der Waals surface area contributed by atoms with Crippen molar-refractivity contribution in [2.75, 3.05) is 5.32 Å². The lowest BCUT2D eigenvalue weighted by atomic mass is 10.1. The minimum atomic E-state index is -0.530. The van der Waals surface area contributed by atoms with Crippen LogP contribution in [-0.4, -0.2) is 5.91 Å². The molecule has 3 aromatic rings. The van der Waals surface area contributed by atoms with Gasteiger partial charge in [0.05, 0.1) is 0 Å². The van der Waals surface area contributed by atoms with Gasteiger partial charge in [-0.05, 0) is 35.2 Å². The molecule has 0 spiro atoms. The molecule has 3 rings (SSSR count). The van der Waals surface area contributed by atoms with Crippen molar-refractivity contribution in [1.82, 2.24) is 0 Å². The van der Waals surface area contributed by atoms with E-state index in [1.165, 1.54) is 24.3 Å². The third-order valence-electron chi connectivity index (χ3n) is 3.56. The minimum absolute atomic E-state index is 0.0893. The summed E-state index contributed by atoms with van der Waals surface area (Å²) in [5, 5.41) is 13.9. The first kappa shape index (κ1) is 15.4. The van der Waals surface area contributed by atoms with E-state index in [2.05, 4.69) is 5.32 Å². The largest absolute Gasteiger partial charge is 0.321 e. The van der Waals surface area contributed by atoms with Gasteiger partial charge in [-0.1, -0.05) is 48.5 Å². The Bertz CT molecular complexity index is 981. The maximum Gasteiger partial charge on any atom is 0.266 e. The SMILES string of the molecule is N#C/C(=C\c1cccc(F)c1)C(=O)Nc1cccc2ccccc12. The number of hydrogen-bond donors (Lipinski definition) is 1. The summed E-state index contributed by atoms with van der Waals surface area (Å²) in [5.74, 6) is -0.950. The van der Waals surface area contributed by atoms with Gasteiger partial charge in [0, 0.05) is 11.1 Å². The van der Waals surface area contributed by atoms with Crippen molar-refractivity contribution in [1.29, 1.82) is 5.26 Å². The van der Waals surface area contributed by atoms with Crippen LogP contribution in [0.15, 0.2) is 72.3 Å². The topological polar surface area (TPSA) is 52.9 Å². The minimum Gasteiger partial charge on any atom is -0.321 e. The fourth-order valence-electron chi connectivity index (χ4n) is 2.44. The standard InChI is InChI=1S/C20H13FN2O/c21-17-8-3-5-14(12-17)11-16(13-22)20(24)23-19-10-4-7-15-6-1-2-9-18(15)19/h1-12H,(H,23,24)/b16-11+. The number of carbonyl (C=O) groups is 1. The molecule has 1 N–H and O–H groups in total. The number of fused-ring (bicyclic) bond motifs is 1. The molecule has 0 saturated carbocycles. The fourth-order valence-corrected chi connectivity index (χ4v) is 2.44. The lowest BCUT2D eigenvalue weighted by Gasteiger charge is -2.08. The first-order valence-corrected chi connectivity index (χ1v) is 7.34. The number of halogens is 1. The molecule has 0 aliphatic heterocycles. The number of hydrogen-bond acceptors (Lipinski definition) is 2. The van der Waals surface area contributed by atoms with Gasteiger partial charge in [0.1, 0.15) is 17.5 Å². The van der Waals surface area contributed by atoms with Crippen LogP contribution in [0.1, 0.15) is 5.56 Å². The molecule has 0 aromatic heterocycles. The molecule has 0 aliphatic rings. The van der Waals surface area contributed by atoms with Gasteiger partial charge in [-0.25, -0.2) is 4.39 Å². The summed E-state index contributed by atoms with van der Waals surface area (Å²) in [6.45, 7) is 0. The molecule has 1 amide bonds. The van der Waals surface area contributed by atoms with E-state index in [0.717, 1.165) is 10.8 Å². The molecule has 0 unspecified atom stereocenters. The number of nitriles is 1. The van der Waals surface area contributed by atoms with Crippen molar-refractivity contribution in [3.8, 4) is 6.07 Å². The van der Waals surface area contributed by atoms with Crippen molar-refractivity contribution in [3.63, 3.8) is 0 Å². The number of benzene rings is 3. The number of nitrogens with zero attached hydrogens (tertiary/aromatic N) is 1. The van der Waals surface area contributed by atoms with Crippen LogP contribution >= 0.6 is 0 Å². The van der Waals surface area contributed by atoms with Crippen molar-refractivity contribution in [2.24, 2.45) is 0 Å². The molecule has 4 heteroatoms. The van der Waals surface area contributed by atoms with E-state index in [0.29, 0.717) is 11.3 Å². The Balaban J connectivity index is 1.91. The van der Waals surface area contributed by atoms with Gasteiger partial charge in [0.2, 0.25) is 0 Å². The van der Waals surface area contributed by atoms with Crippen LogP contribution in [0.4, 0.5) is 10.1 Å². The molecular weight excluding hydrogens is 303 g/mol. The number of nitrogens with one attached hydrogen (secondary N) is 1. The molecular formula is C20H13FN2O. The molecule has 0 heterocycles. The summed E-state index contributed by atoms with van der Waals surface area (Å²) in [6, 6.07) is 20.8. The number of anilines is 1. The molecule has 0 radical (unpaired) electrons. The highest BCUT2D eigenvalue weighted by Gasteiger charge is 2.11. The Kier molecular flexibility index (Phi) is 4.35. The Morgan fingerprint density at radius 1 is 1.04 bits per heavy atom. The van der Waals surface area contributed by atoms with Crippen LogP contribution in [0.5, 0.6) is 0 Å². The summed E-state index contributed by atoms with van der Waals surface area (Å²) in [4.78, 5) is 12.4. The molecule has 3 aromatic carbocycles. The van der Waals surface area contributed by atoms with E-state index in [9.17, 15) is 14.4 Å². The van der Waals surface area contributed by atoms with E-state index in [1.807, 2.05) is 42.5 Å². The van der Waals surface area contributed by atoms with E-state index in [4.69, 9.17) is 0 Å². The summed E-state index contributed by atoms with van der Waals surface area (Å²) in [7, 11) is 0. The fraction of sp³-hybridized carbons (Fsp3) is 0. The monoisotopic (exact) mass is 316 g/mol. The zero-order chi connectivity index (χ0) is 16.9. The van der Waals surface area contributed by atoms with Crippen LogP contribution < -0.4 is 5.32 Å². The molecule has 0 atom stereocenters. The lowest BCUT2D eigenvalue weighted by Crippen LogP contribution is -2.13. The van der Waals surface area contributed by atoms with Crippen LogP contribution in [0, 0.1) is 17.1 Å². The lowest BCUT2D eigenvalue weighted by molar-refractivity contribution is -0.112. The molecule has 24 heavy (non-hydrogen) atoms. The number of amides is 1. The van der Waals surface area contributed by atoms with Gasteiger partial charge in [-0.15, -0.1) is 0 Å². The molecule has 0 fully saturated rings. The van der Waals surface area contributed by atoms with E-state index >= 15 is 0 Å². The Labute approximate surface area is 138 Å². The van der Waals surface area contributed by atoms with Crippen molar-refractivity contribution < 1.29 is 9.18 Å². The van der Waals surface area contributed by atoms with E-state index in [-0.39, 0.29) is 5.57 Å². The van der Waals surface area contributed by atoms with Crippen LogP contribution in [-0.2, 0) is 4.79 Å². The molecule has 3 nitrogen and oxygen atoms in total. The highest BCUT2D eigenvalue weighted by atomic mass is 19.1. The molecule has 0 bridgehead atoms. The second-order valence-corrected chi connectivity index (χ2v) is 5.21. The normalized spacial score (nSPS) is 11.1. The summed E-state index contributed by atoms with van der Waals surface area (Å²) in [6.07, 6.45) is 1.36. The van der Waals surface area contributed by atoms with Crippen molar-refractivity contribution >= 4 is 28.4 Å². The van der Waals surface area contributed by atoms with Crippen LogP contribution in [0.25, 0.3) is 16.8 Å². The van der Waals surface area contributed by atoms with Crippen molar-refractivity contribution in [2.45, 2.75) is 0 Å². The van der Waals surface area contributed by atoms with Crippen LogP contribution in [0.2, 0.25) is 0 Å². The number of rotatable bonds is 3. The third-order valence-corrected chi connectivity index (χ3v) is 3.56. The molecule has 0 aliphatic carbocycles. The van der Waals surface area contributed by atoms with Gasteiger partial charge in [0.25, 0.3) is 5.91 Å². The predicted octanol–water partition coefficient (Wildman–Crippen LogP) is 4.52. The summed E-state index contributed by atoms with van der Waals surface area (Å²) < 4.78 is 13.2. The highest BCUT2D eigenvalue weighted by molar-refractivity contribution is 6.12. The smallest absolute Gasteiger partial charge is 0.266 e. The zero-order valence-electron chi connectivity index (χ0n) is 12.7. The maximum absolute atomic E-state index is 13.2. The van der Waals surface area contributed by atoms with Gasteiger partial charge in [-0.2, -0.15) is 5.26 Å². The van der Waals surface area contributed by atoms with Crippen LogP contribution in [0.3, 0.4) is 0 Å². The quantitative estimate of drug-likeness (QED) is 0.570. The van der Waals surface area contributed by atoms with Gasteiger partial charge >= 0.3 is 0 Å². The second-order valence-electron chi connectivity index (χ2n) is 5.21. The average Bonchev–Trinajstić information content (AvgIpc) is 2.60. The first-order chi connectivity index (χ1) is 11.7. The van der Waals surface area contributed by atoms with E-state index < -0.39 is 11.7 Å². The molecule has 116 valence electrons. The van der Waals surface area contributed by atoms with Crippen molar-refractivity contribution in [3.05, 3.63) is 83.7 Å². The summed E-state index contributed by atoms with van der Waals surface area (Å²) in [5.41, 5.74) is 0.992. The zero-order valence-corrected chi connectivity index (χ0v) is 12.7. The van der Waals surface area contributed by atoms with Gasteiger partial charge < -0.3 is 5.32 Å².